The van der Waals surface area contributed by atoms with Gasteiger partial charge < -0.3 is 9.84 Å². The number of hydrogen-bond donors (Lipinski definition) is 1. The zero-order valence-corrected chi connectivity index (χ0v) is 14.8. The number of hydrogen-bond acceptors (Lipinski definition) is 4. The van der Waals surface area contributed by atoms with Gasteiger partial charge in [0.05, 0.1) is 5.56 Å². The summed E-state index contributed by atoms with van der Waals surface area (Å²) < 4.78 is 5.32. The highest BCUT2D eigenvalue weighted by Gasteiger charge is 2.26. The van der Waals surface area contributed by atoms with E-state index in [1.165, 1.54) is 0 Å². The van der Waals surface area contributed by atoms with Crippen LogP contribution in [0.25, 0.3) is 0 Å². The molecule has 0 heterocycles. The maximum atomic E-state index is 12.0. The minimum Gasteiger partial charge on any atom is -0.480 e. The van der Waals surface area contributed by atoms with E-state index in [1.54, 1.807) is 24.1 Å². The van der Waals surface area contributed by atoms with Gasteiger partial charge >= 0.3 is 11.9 Å². The van der Waals surface area contributed by atoms with E-state index >= 15 is 0 Å². The van der Waals surface area contributed by atoms with Crippen molar-refractivity contribution in [2.45, 2.75) is 52.8 Å². The van der Waals surface area contributed by atoms with Crippen LogP contribution in [-0.2, 0) is 16.1 Å². The molecule has 0 fully saturated rings. The number of likely N-dealkylation sites (N-methyl/N-ethyl adjacent to an activating group) is 1. The van der Waals surface area contributed by atoms with Gasteiger partial charge in [0.1, 0.15) is 11.6 Å². The SMILES string of the molecule is CC(C)[C@H](C(=O)O)N(C)Cc1ccc(C(=O)OC(C)(C)C)cc1. The fraction of sp³-hybridized carbons (Fsp3) is 0.556. The molecule has 23 heavy (non-hydrogen) atoms. The van der Waals surface area contributed by atoms with Gasteiger partial charge in [-0.25, -0.2) is 4.79 Å². The van der Waals surface area contributed by atoms with Crippen molar-refractivity contribution in [2.24, 2.45) is 5.92 Å². The van der Waals surface area contributed by atoms with E-state index in [2.05, 4.69) is 0 Å². The van der Waals surface area contributed by atoms with Gasteiger partial charge in [-0.05, 0) is 51.4 Å². The summed E-state index contributed by atoms with van der Waals surface area (Å²) in [5.41, 5.74) is 0.916. The van der Waals surface area contributed by atoms with Gasteiger partial charge in [0, 0.05) is 6.54 Å². The monoisotopic (exact) mass is 321 g/mol. The maximum Gasteiger partial charge on any atom is 0.338 e. The summed E-state index contributed by atoms with van der Waals surface area (Å²) in [4.78, 5) is 25.1. The molecule has 0 saturated heterocycles. The van der Waals surface area contributed by atoms with Crippen LogP contribution >= 0.6 is 0 Å². The second kappa shape index (κ2) is 7.59. The number of aliphatic carboxylic acids is 1. The Hall–Kier alpha value is -1.88. The number of esters is 1. The lowest BCUT2D eigenvalue weighted by Gasteiger charge is -2.27. The van der Waals surface area contributed by atoms with Gasteiger partial charge in [0.25, 0.3) is 0 Å². The highest BCUT2D eigenvalue weighted by atomic mass is 16.6. The molecule has 0 spiro atoms. The third-order valence-electron chi connectivity index (χ3n) is 3.38. The lowest BCUT2D eigenvalue weighted by atomic mass is 10.0. The van der Waals surface area contributed by atoms with Crippen molar-refractivity contribution in [2.75, 3.05) is 7.05 Å². The topological polar surface area (TPSA) is 66.8 Å². The van der Waals surface area contributed by atoms with Crippen LogP contribution in [0.4, 0.5) is 0 Å². The Labute approximate surface area is 138 Å². The molecule has 1 atom stereocenters. The molecule has 0 unspecified atom stereocenters. The summed E-state index contributed by atoms with van der Waals surface area (Å²) in [6.07, 6.45) is 0. The molecule has 5 heteroatoms. The standard InChI is InChI=1S/C18H27NO4/c1-12(2)15(16(20)21)19(6)11-13-7-9-14(10-8-13)17(22)23-18(3,4)5/h7-10,12,15H,11H2,1-6H3,(H,20,21)/t15-/m1/s1. The van der Waals surface area contributed by atoms with E-state index in [0.29, 0.717) is 12.1 Å². The van der Waals surface area contributed by atoms with Gasteiger partial charge in [-0.1, -0.05) is 26.0 Å². The van der Waals surface area contributed by atoms with Crippen LogP contribution in [0.5, 0.6) is 0 Å². The van der Waals surface area contributed by atoms with Crippen LogP contribution in [0.3, 0.4) is 0 Å². The lowest BCUT2D eigenvalue weighted by Crippen LogP contribution is -2.41. The van der Waals surface area contributed by atoms with Gasteiger partial charge in [-0.15, -0.1) is 0 Å². The minimum atomic E-state index is -0.826. The van der Waals surface area contributed by atoms with E-state index in [0.717, 1.165) is 5.56 Å². The summed E-state index contributed by atoms with van der Waals surface area (Å²) in [6, 6.07) is 6.54. The van der Waals surface area contributed by atoms with Crippen LogP contribution in [0.1, 0.15) is 50.5 Å². The number of benzene rings is 1. The molecule has 1 rings (SSSR count). The Balaban J connectivity index is 2.77. The molecule has 0 aliphatic carbocycles. The van der Waals surface area contributed by atoms with Crippen LogP contribution < -0.4 is 0 Å². The number of carbonyl (C=O) groups excluding carboxylic acids is 1. The highest BCUT2D eigenvalue weighted by molar-refractivity contribution is 5.89. The van der Waals surface area contributed by atoms with Crippen LogP contribution in [-0.4, -0.2) is 40.6 Å². The minimum absolute atomic E-state index is 0.0125. The molecule has 5 nitrogen and oxygen atoms in total. The molecule has 1 aromatic carbocycles. The summed E-state index contributed by atoms with van der Waals surface area (Å²) >= 11 is 0. The van der Waals surface area contributed by atoms with Crippen molar-refractivity contribution in [3.63, 3.8) is 0 Å². The summed E-state index contributed by atoms with van der Waals surface area (Å²) in [6.45, 7) is 9.76. The predicted octanol–water partition coefficient (Wildman–Crippen LogP) is 3.18. The Morgan fingerprint density at radius 1 is 1.17 bits per heavy atom. The molecule has 128 valence electrons. The molecule has 0 saturated carbocycles. The van der Waals surface area contributed by atoms with E-state index in [4.69, 9.17) is 4.74 Å². The molecule has 0 bridgehead atoms. The molecule has 0 aliphatic heterocycles. The van der Waals surface area contributed by atoms with E-state index in [-0.39, 0.29) is 11.9 Å². The van der Waals surface area contributed by atoms with Crippen molar-refractivity contribution in [1.29, 1.82) is 0 Å². The first-order valence-electron chi connectivity index (χ1n) is 7.76. The Kier molecular flexibility index (Phi) is 6.33. The number of nitrogens with zero attached hydrogens (tertiary/aromatic N) is 1. The quantitative estimate of drug-likeness (QED) is 0.815. The Morgan fingerprint density at radius 3 is 2.09 bits per heavy atom. The zero-order chi connectivity index (χ0) is 17.8. The molecule has 0 aliphatic rings. The van der Waals surface area contributed by atoms with Crippen molar-refractivity contribution in [1.82, 2.24) is 4.90 Å². The number of carboxylic acid groups (broad SMARTS) is 1. The second-order valence-corrected chi connectivity index (χ2v) is 7.14. The average molecular weight is 321 g/mol. The van der Waals surface area contributed by atoms with E-state index in [9.17, 15) is 14.7 Å². The first kappa shape index (κ1) is 19.2. The Morgan fingerprint density at radius 2 is 1.70 bits per heavy atom. The predicted molar refractivity (Wildman–Crippen MR) is 89.3 cm³/mol. The zero-order valence-electron chi connectivity index (χ0n) is 14.8. The van der Waals surface area contributed by atoms with Gasteiger partial charge in [0.15, 0.2) is 0 Å². The van der Waals surface area contributed by atoms with Gasteiger partial charge in [-0.3, -0.25) is 9.69 Å². The lowest BCUT2D eigenvalue weighted by molar-refractivity contribution is -0.144. The normalized spacial score (nSPS) is 13.2. The fourth-order valence-corrected chi connectivity index (χ4v) is 2.45. The van der Waals surface area contributed by atoms with Gasteiger partial charge in [-0.2, -0.15) is 0 Å². The molecule has 1 aromatic rings. The number of ether oxygens (including phenoxy) is 1. The maximum absolute atomic E-state index is 12.0. The van der Waals surface area contributed by atoms with Crippen molar-refractivity contribution < 1.29 is 19.4 Å². The third kappa shape index (κ3) is 6.02. The third-order valence-corrected chi connectivity index (χ3v) is 3.38. The summed E-state index contributed by atoms with van der Waals surface area (Å²) in [7, 11) is 1.79. The molecular formula is C18H27NO4. The number of carboxylic acids is 1. The van der Waals surface area contributed by atoms with E-state index in [1.807, 2.05) is 46.8 Å². The summed E-state index contributed by atoms with van der Waals surface area (Å²) in [5, 5.41) is 9.31. The van der Waals surface area contributed by atoms with Crippen molar-refractivity contribution in [3.8, 4) is 0 Å². The van der Waals surface area contributed by atoms with Crippen LogP contribution in [0.2, 0.25) is 0 Å². The number of rotatable bonds is 6. The number of carbonyl (C=O) groups is 2. The van der Waals surface area contributed by atoms with Crippen LogP contribution in [0, 0.1) is 5.92 Å². The smallest absolute Gasteiger partial charge is 0.338 e. The van der Waals surface area contributed by atoms with Crippen LogP contribution in [0.15, 0.2) is 24.3 Å². The fourth-order valence-electron chi connectivity index (χ4n) is 2.45. The highest BCUT2D eigenvalue weighted by Crippen LogP contribution is 2.16. The molecule has 0 radical (unpaired) electrons. The molecular weight excluding hydrogens is 294 g/mol. The first-order chi connectivity index (χ1) is 10.5. The molecule has 1 N–H and O–H groups in total. The largest absolute Gasteiger partial charge is 0.480 e. The van der Waals surface area contributed by atoms with E-state index < -0.39 is 17.6 Å². The van der Waals surface area contributed by atoms with Crippen molar-refractivity contribution in [3.05, 3.63) is 35.4 Å². The first-order valence-corrected chi connectivity index (χ1v) is 7.76. The molecule has 0 amide bonds. The van der Waals surface area contributed by atoms with Crippen molar-refractivity contribution >= 4 is 11.9 Å². The van der Waals surface area contributed by atoms with Gasteiger partial charge in [0.2, 0.25) is 0 Å². The Bertz CT molecular complexity index is 543. The average Bonchev–Trinajstić information content (AvgIpc) is 2.36. The second-order valence-electron chi connectivity index (χ2n) is 7.14. The molecule has 0 aromatic heterocycles. The summed E-state index contributed by atoms with van der Waals surface area (Å²) in [5.74, 6) is -1.17.